The fourth-order valence-corrected chi connectivity index (χ4v) is 6.33. The highest BCUT2D eigenvalue weighted by atomic mass is 19.1. The number of carbonyl (C=O) groups excluding carboxylic acids is 1. The van der Waals surface area contributed by atoms with E-state index < -0.39 is 17.2 Å². The van der Waals surface area contributed by atoms with E-state index in [0.717, 1.165) is 36.6 Å². The van der Waals surface area contributed by atoms with E-state index in [1.165, 1.54) is 6.07 Å². The zero-order chi connectivity index (χ0) is 31.1. The van der Waals surface area contributed by atoms with Crippen LogP contribution in [0.15, 0.2) is 77.9 Å². The Labute approximate surface area is 259 Å². The normalized spacial score (nSPS) is 16.3. The lowest BCUT2D eigenvalue weighted by atomic mass is 10.0. The summed E-state index contributed by atoms with van der Waals surface area (Å²) < 4.78 is 29.9. The van der Waals surface area contributed by atoms with Crippen LogP contribution in [0.3, 0.4) is 0 Å². The van der Waals surface area contributed by atoms with Gasteiger partial charge in [-0.25, -0.2) is 9.37 Å². The summed E-state index contributed by atoms with van der Waals surface area (Å²) in [6.45, 7) is 3.57. The summed E-state index contributed by atoms with van der Waals surface area (Å²) in [6, 6.07) is 18.6. The van der Waals surface area contributed by atoms with Crippen LogP contribution in [0.4, 0.5) is 10.1 Å². The van der Waals surface area contributed by atoms with Crippen LogP contribution in [0.2, 0.25) is 0 Å². The third-order valence-corrected chi connectivity index (χ3v) is 8.70. The number of halogens is 1. The third kappa shape index (κ3) is 5.46. The maximum Gasteiger partial charge on any atom is 0.256 e. The molecule has 1 fully saturated rings. The topological polar surface area (TPSA) is 97.7 Å². The van der Waals surface area contributed by atoms with Crippen molar-refractivity contribution in [2.45, 2.75) is 38.3 Å². The lowest BCUT2D eigenvalue weighted by molar-refractivity contribution is 0.0949. The number of carbonyl (C=O) groups is 1. The van der Waals surface area contributed by atoms with Crippen LogP contribution in [0, 0.1) is 5.82 Å². The molecule has 2 N–H and O–H groups in total. The van der Waals surface area contributed by atoms with Gasteiger partial charge < -0.3 is 29.6 Å². The predicted molar refractivity (Wildman–Crippen MR) is 173 cm³/mol. The Morgan fingerprint density at radius 2 is 1.96 bits per heavy atom. The quantitative estimate of drug-likeness (QED) is 0.212. The van der Waals surface area contributed by atoms with Crippen LogP contribution < -0.4 is 25.5 Å². The van der Waals surface area contributed by atoms with E-state index in [1.807, 2.05) is 49.4 Å². The number of anilines is 1. The molecule has 230 valence electrons. The van der Waals surface area contributed by atoms with Crippen molar-refractivity contribution in [3.8, 4) is 23.1 Å². The second-order valence-corrected chi connectivity index (χ2v) is 11.8. The predicted octanol–water partition coefficient (Wildman–Crippen LogP) is 5.88. The van der Waals surface area contributed by atoms with Gasteiger partial charge in [0.2, 0.25) is 11.3 Å². The van der Waals surface area contributed by atoms with Crippen LogP contribution in [-0.2, 0) is 0 Å². The highest BCUT2D eigenvalue weighted by molar-refractivity contribution is 6.02. The Bertz CT molecular complexity index is 1980. The Hall–Kier alpha value is -4.96. The van der Waals surface area contributed by atoms with Gasteiger partial charge in [0.05, 0.1) is 17.6 Å². The lowest BCUT2D eigenvalue weighted by Gasteiger charge is -2.27. The van der Waals surface area contributed by atoms with Gasteiger partial charge in [-0.2, -0.15) is 0 Å². The van der Waals surface area contributed by atoms with Gasteiger partial charge in [0.25, 0.3) is 5.91 Å². The molecule has 2 aliphatic heterocycles. The van der Waals surface area contributed by atoms with Crippen LogP contribution in [-0.4, -0.2) is 59.2 Å². The highest BCUT2D eigenvalue weighted by Gasteiger charge is 2.29. The van der Waals surface area contributed by atoms with Crippen molar-refractivity contribution in [1.29, 1.82) is 0 Å². The van der Waals surface area contributed by atoms with Crippen LogP contribution in [0.5, 0.6) is 17.4 Å². The molecule has 3 aromatic carbocycles. The molecule has 10 heteroatoms. The second-order valence-electron chi connectivity index (χ2n) is 11.8. The van der Waals surface area contributed by atoms with E-state index in [1.54, 1.807) is 29.1 Å². The number of aromatic nitrogens is 2. The van der Waals surface area contributed by atoms with Crippen molar-refractivity contribution in [3.05, 3.63) is 94.7 Å². The number of hydrogen-bond acceptors (Lipinski definition) is 7. The van der Waals surface area contributed by atoms with E-state index >= 15 is 4.39 Å². The molecule has 4 heterocycles. The Kier molecular flexibility index (Phi) is 7.58. The summed E-state index contributed by atoms with van der Waals surface area (Å²) in [5, 5.41) is 8.03. The molecule has 2 aliphatic rings. The van der Waals surface area contributed by atoms with Gasteiger partial charge in [-0.3, -0.25) is 9.59 Å². The van der Waals surface area contributed by atoms with Crippen molar-refractivity contribution < 1.29 is 18.7 Å². The molecule has 1 saturated heterocycles. The van der Waals surface area contributed by atoms with Gasteiger partial charge in [0, 0.05) is 31.0 Å². The second kappa shape index (κ2) is 11.9. The molecule has 0 bridgehead atoms. The van der Waals surface area contributed by atoms with E-state index in [9.17, 15) is 9.59 Å². The Morgan fingerprint density at radius 1 is 1.16 bits per heavy atom. The summed E-state index contributed by atoms with van der Waals surface area (Å²) in [5.41, 5.74) is 0.532. The van der Waals surface area contributed by atoms with Gasteiger partial charge in [-0.15, -0.1) is 0 Å². The molecule has 2 atom stereocenters. The zero-order valence-electron chi connectivity index (χ0n) is 25.2. The Morgan fingerprint density at radius 3 is 2.71 bits per heavy atom. The summed E-state index contributed by atoms with van der Waals surface area (Å²) in [4.78, 5) is 33.7. The number of nitrogens with one attached hydrogen (secondary N) is 2. The first-order valence-electron chi connectivity index (χ1n) is 15.3. The average Bonchev–Trinajstić information content (AvgIpc) is 3.45. The first-order chi connectivity index (χ1) is 21.9. The van der Waals surface area contributed by atoms with Crippen LogP contribution in [0.25, 0.3) is 27.4 Å². The van der Waals surface area contributed by atoms with Crippen LogP contribution in [0.1, 0.15) is 36.5 Å². The number of benzene rings is 3. The van der Waals surface area contributed by atoms with Gasteiger partial charge in [-0.05, 0) is 74.8 Å². The van der Waals surface area contributed by atoms with Crippen molar-refractivity contribution in [2.75, 3.05) is 32.0 Å². The Balaban J connectivity index is 1.28. The molecule has 0 spiro atoms. The fraction of sp³-hybridized carbons (Fsp3) is 0.286. The highest BCUT2D eigenvalue weighted by Crippen LogP contribution is 2.46. The van der Waals surface area contributed by atoms with Gasteiger partial charge >= 0.3 is 0 Å². The number of hydrogen-bond donors (Lipinski definition) is 2. The smallest absolute Gasteiger partial charge is 0.256 e. The number of rotatable bonds is 9. The van der Waals surface area contributed by atoms with Gasteiger partial charge in [0.15, 0.2) is 17.3 Å². The van der Waals surface area contributed by atoms with Crippen LogP contribution >= 0.6 is 0 Å². The van der Waals surface area contributed by atoms with E-state index in [2.05, 4.69) is 27.6 Å². The summed E-state index contributed by atoms with van der Waals surface area (Å²) >= 11 is 0. The molecular weight excluding hydrogens is 573 g/mol. The number of ether oxygens (including phenoxy) is 2. The van der Waals surface area contributed by atoms with Crippen molar-refractivity contribution in [3.63, 3.8) is 0 Å². The molecule has 9 nitrogen and oxygen atoms in total. The zero-order valence-corrected chi connectivity index (χ0v) is 25.2. The lowest BCUT2D eigenvalue weighted by Crippen LogP contribution is -2.34. The van der Waals surface area contributed by atoms with Gasteiger partial charge in [-0.1, -0.05) is 30.3 Å². The molecule has 7 rings (SSSR count). The summed E-state index contributed by atoms with van der Waals surface area (Å²) in [6.07, 6.45) is 5.85. The summed E-state index contributed by atoms with van der Waals surface area (Å²) in [5.74, 6) is -0.0412. The SMILES string of the molecule is CC(CNc1c(F)cc2c(=O)c(C(=O)NCCC3CCCN3C)cn3c2c1Oc1cc2ccccc2cc1-3)Oc1ccccn1. The molecule has 1 amide bonds. The maximum absolute atomic E-state index is 15.9. The maximum atomic E-state index is 15.9. The number of pyridine rings is 2. The standard InChI is InChI=1S/C35H34FN5O4/c1-21(44-30-11-5-6-13-37-30)19-39-31-27(36)18-25-32-34(31)45-29-17-23-9-4-3-8-22(23)16-28(29)41(32)20-26(33(25)42)35(43)38-14-12-24-10-7-15-40(24)2/h3-6,8-9,11,13,16-18,20-21,24,39H,7,10,12,14-15,19H2,1-2H3,(H,38,43). The first-order valence-corrected chi connectivity index (χ1v) is 15.3. The van der Waals surface area contributed by atoms with Gasteiger partial charge in [0.1, 0.15) is 22.9 Å². The minimum absolute atomic E-state index is 0.0493. The first kappa shape index (κ1) is 28.8. The number of nitrogens with zero attached hydrogens (tertiary/aromatic N) is 3. The molecule has 45 heavy (non-hydrogen) atoms. The number of fused-ring (bicyclic) bond motifs is 3. The number of amides is 1. The monoisotopic (exact) mass is 607 g/mol. The molecule has 2 aromatic heterocycles. The largest absolute Gasteiger partial charge is 0.473 e. The average molecular weight is 608 g/mol. The van der Waals surface area contributed by atoms with Crippen molar-refractivity contribution in [2.24, 2.45) is 0 Å². The molecule has 0 saturated carbocycles. The molecule has 0 aliphatic carbocycles. The summed E-state index contributed by atoms with van der Waals surface area (Å²) in [7, 11) is 2.09. The molecule has 5 aromatic rings. The minimum Gasteiger partial charge on any atom is -0.473 e. The minimum atomic E-state index is -0.669. The van der Waals surface area contributed by atoms with Crippen molar-refractivity contribution in [1.82, 2.24) is 19.8 Å². The van der Waals surface area contributed by atoms with E-state index in [4.69, 9.17) is 9.47 Å². The van der Waals surface area contributed by atoms with Crippen molar-refractivity contribution >= 4 is 33.3 Å². The molecular formula is C35H34FN5O4. The number of likely N-dealkylation sites (tertiary alicyclic amines) is 1. The van der Waals surface area contributed by atoms with E-state index in [-0.39, 0.29) is 35.0 Å². The fourth-order valence-electron chi connectivity index (χ4n) is 6.33. The molecule has 2 unspecified atom stereocenters. The van der Waals surface area contributed by atoms with E-state index in [0.29, 0.717) is 35.4 Å². The third-order valence-electron chi connectivity index (χ3n) is 8.70. The molecule has 0 radical (unpaired) electrons.